The first-order chi connectivity index (χ1) is 10.4. The van der Waals surface area contributed by atoms with Gasteiger partial charge in [-0.1, -0.05) is 0 Å². The first-order valence-corrected chi connectivity index (χ1v) is 7.82. The molecule has 6 heteroatoms. The van der Waals surface area contributed by atoms with Gasteiger partial charge in [-0.3, -0.25) is 0 Å². The van der Waals surface area contributed by atoms with Crippen molar-refractivity contribution in [2.45, 2.75) is 20.3 Å². The summed E-state index contributed by atoms with van der Waals surface area (Å²) in [6, 6.07) is 5.38. The van der Waals surface area contributed by atoms with Crippen LogP contribution in [0.2, 0.25) is 0 Å². The Morgan fingerprint density at radius 2 is 2.09 bits per heavy atom. The second-order valence-corrected chi connectivity index (χ2v) is 5.70. The van der Waals surface area contributed by atoms with E-state index in [1.165, 1.54) is 0 Å². The average Bonchev–Trinajstić information content (AvgIpc) is 2.46. The molecule has 0 unspecified atom stereocenters. The van der Waals surface area contributed by atoms with E-state index in [1.807, 2.05) is 27.1 Å². The van der Waals surface area contributed by atoms with Crippen LogP contribution >= 0.6 is 12.2 Å². The number of esters is 1. The van der Waals surface area contributed by atoms with Gasteiger partial charge in [0.05, 0.1) is 12.2 Å². The Hall–Kier alpha value is -1.66. The lowest BCUT2D eigenvalue weighted by molar-refractivity contribution is 0.0526. The summed E-state index contributed by atoms with van der Waals surface area (Å²) in [6.45, 7) is 5.94. The molecule has 0 bridgehead atoms. The lowest BCUT2D eigenvalue weighted by Crippen LogP contribution is -2.31. The van der Waals surface area contributed by atoms with Gasteiger partial charge in [-0.25, -0.2) is 4.79 Å². The van der Waals surface area contributed by atoms with Crippen molar-refractivity contribution >= 4 is 29.0 Å². The summed E-state index contributed by atoms with van der Waals surface area (Å²) >= 11 is 5.27. The van der Waals surface area contributed by atoms with Crippen molar-refractivity contribution in [3.8, 4) is 0 Å². The van der Waals surface area contributed by atoms with E-state index in [0.29, 0.717) is 17.3 Å². The number of benzene rings is 1. The number of thiocarbonyl (C=S) groups is 1. The van der Waals surface area contributed by atoms with E-state index >= 15 is 0 Å². The van der Waals surface area contributed by atoms with E-state index < -0.39 is 0 Å². The number of hydrogen-bond donors (Lipinski definition) is 2. The van der Waals surface area contributed by atoms with Gasteiger partial charge in [0.1, 0.15) is 0 Å². The van der Waals surface area contributed by atoms with Crippen LogP contribution in [0.4, 0.5) is 5.69 Å². The maximum atomic E-state index is 11.7. The Kier molecular flexibility index (Phi) is 7.84. The van der Waals surface area contributed by atoms with Crippen LogP contribution < -0.4 is 10.6 Å². The van der Waals surface area contributed by atoms with Gasteiger partial charge in [-0.2, -0.15) is 0 Å². The number of rotatable bonds is 7. The van der Waals surface area contributed by atoms with Gasteiger partial charge in [0.15, 0.2) is 5.11 Å². The minimum Gasteiger partial charge on any atom is -0.462 e. The fourth-order valence-corrected chi connectivity index (χ4v) is 2.12. The molecule has 1 aromatic carbocycles. The lowest BCUT2D eigenvalue weighted by Gasteiger charge is -2.14. The smallest absolute Gasteiger partial charge is 0.338 e. The Labute approximate surface area is 138 Å². The van der Waals surface area contributed by atoms with Crippen molar-refractivity contribution < 1.29 is 9.53 Å². The molecule has 0 saturated heterocycles. The minimum atomic E-state index is -0.304. The van der Waals surface area contributed by atoms with Crippen LogP contribution in [0.3, 0.4) is 0 Å². The standard InChI is InChI=1S/C16H25N3O2S/c1-5-21-15(20)13-7-8-14(12(2)11-13)18-16(22)17-9-6-10-19(3)4/h7-8,11H,5-6,9-10H2,1-4H3,(H2,17,18,22). The highest BCUT2D eigenvalue weighted by atomic mass is 32.1. The maximum absolute atomic E-state index is 11.7. The molecule has 0 spiro atoms. The van der Waals surface area contributed by atoms with Crippen molar-refractivity contribution in [1.29, 1.82) is 0 Å². The van der Waals surface area contributed by atoms with Gasteiger partial charge in [-0.15, -0.1) is 0 Å². The van der Waals surface area contributed by atoms with Crippen LogP contribution in [0, 0.1) is 6.92 Å². The van der Waals surface area contributed by atoms with E-state index in [9.17, 15) is 4.79 Å². The summed E-state index contributed by atoms with van der Waals surface area (Å²) in [7, 11) is 4.09. The molecule has 0 aliphatic carbocycles. The molecule has 122 valence electrons. The summed E-state index contributed by atoms with van der Waals surface area (Å²) in [4.78, 5) is 13.8. The SMILES string of the molecule is CCOC(=O)c1ccc(NC(=S)NCCCN(C)C)c(C)c1. The van der Waals surface area contributed by atoms with E-state index in [2.05, 4.69) is 15.5 Å². The molecule has 0 amide bonds. The number of carbonyl (C=O) groups excluding carboxylic acids is 1. The van der Waals surface area contributed by atoms with Crippen LogP contribution in [0.1, 0.15) is 29.3 Å². The molecule has 0 fully saturated rings. The van der Waals surface area contributed by atoms with Crippen LogP contribution in [0.25, 0.3) is 0 Å². The zero-order chi connectivity index (χ0) is 16.5. The van der Waals surface area contributed by atoms with Crippen LogP contribution in [0.5, 0.6) is 0 Å². The molecule has 0 saturated carbocycles. The topological polar surface area (TPSA) is 53.6 Å². The summed E-state index contributed by atoms with van der Waals surface area (Å²) in [5.74, 6) is -0.304. The molecule has 0 aliphatic heterocycles. The average molecular weight is 323 g/mol. The van der Waals surface area contributed by atoms with Gasteiger partial charge >= 0.3 is 5.97 Å². The zero-order valence-electron chi connectivity index (χ0n) is 13.7. The number of ether oxygens (including phenoxy) is 1. The Morgan fingerprint density at radius 1 is 1.36 bits per heavy atom. The summed E-state index contributed by atoms with van der Waals surface area (Å²) in [6.07, 6.45) is 1.02. The first-order valence-electron chi connectivity index (χ1n) is 7.41. The Balaban J connectivity index is 2.52. The van der Waals surface area contributed by atoms with E-state index in [0.717, 1.165) is 30.8 Å². The van der Waals surface area contributed by atoms with Gasteiger partial charge in [-0.05, 0) is 76.9 Å². The van der Waals surface area contributed by atoms with Crippen molar-refractivity contribution in [1.82, 2.24) is 10.2 Å². The van der Waals surface area contributed by atoms with Gasteiger partial charge in [0.2, 0.25) is 0 Å². The van der Waals surface area contributed by atoms with Crippen LogP contribution in [-0.4, -0.2) is 49.8 Å². The fraction of sp³-hybridized carbons (Fsp3) is 0.500. The molecular weight excluding hydrogens is 298 g/mol. The highest BCUT2D eigenvalue weighted by Gasteiger charge is 2.09. The Bertz CT molecular complexity index is 518. The second-order valence-electron chi connectivity index (χ2n) is 5.29. The molecule has 1 rings (SSSR count). The van der Waals surface area contributed by atoms with E-state index in [-0.39, 0.29) is 5.97 Å². The molecule has 0 atom stereocenters. The molecule has 22 heavy (non-hydrogen) atoms. The molecule has 1 aromatic rings. The third kappa shape index (κ3) is 6.41. The van der Waals surface area contributed by atoms with E-state index in [4.69, 9.17) is 17.0 Å². The van der Waals surface area contributed by atoms with Crippen LogP contribution in [0.15, 0.2) is 18.2 Å². The number of nitrogens with zero attached hydrogens (tertiary/aromatic N) is 1. The van der Waals surface area contributed by atoms with Gasteiger partial charge in [0, 0.05) is 12.2 Å². The van der Waals surface area contributed by atoms with Crippen molar-refractivity contribution in [3.05, 3.63) is 29.3 Å². The van der Waals surface area contributed by atoms with Crippen LogP contribution in [-0.2, 0) is 4.74 Å². The first kappa shape index (κ1) is 18.4. The van der Waals surface area contributed by atoms with Crippen molar-refractivity contribution in [2.24, 2.45) is 0 Å². The monoisotopic (exact) mass is 323 g/mol. The number of hydrogen-bond acceptors (Lipinski definition) is 4. The fourth-order valence-electron chi connectivity index (χ4n) is 1.91. The second kappa shape index (κ2) is 9.38. The molecular formula is C16H25N3O2S. The lowest BCUT2D eigenvalue weighted by atomic mass is 10.1. The van der Waals surface area contributed by atoms with Crippen molar-refractivity contribution in [2.75, 3.05) is 39.1 Å². The quantitative estimate of drug-likeness (QED) is 0.457. The summed E-state index contributed by atoms with van der Waals surface area (Å²) in [5.41, 5.74) is 2.39. The highest BCUT2D eigenvalue weighted by Crippen LogP contribution is 2.17. The normalized spacial score (nSPS) is 10.4. The third-order valence-electron chi connectivity index (χ3n) is 3.05. The summed E-state index contributed by atoms with van der Waals surface area (Å²) < 4.78 is 4.99. The predicted octanol–water partition coefficient (Wildman–Crippen LogP) is 2.41. The number of aryl methyl sites for hydroxylation is 1. The molecule has 5 nitrogen and oxygen atoms in total. The maximum Gasteiger partial charge on any atom is 0.338 e. The predicted molar refractivity (Wildman–Crippen MR) is 94.5 cm³/mol. The molecule has 2 N–H and O–H groups in total. The zero-order valence-corrected chi connectivity index (χ0v) is 14.5. The number of nitrogens with one attached hydrogen (secondary N) is 2. The highest BCUT2D eigenvalue weighted by molar-refractivity contribution is 7.80. The molecule has 0 radical (unpaired) electrons. The van der Waals surface area contributed by atoms with Gasteiger partial charge < -0.3 is 20.3 Å². The number of anilines is 1. The third-order valence-corrected chi connectivity index (χ3v) is 3.30. The summed E-state index contributed by atoms with van der Waals surface area (Å²) in [5, 5.41) is 6.91. The minimum absolute atomic E-state index is 0.304. The van der Waals surface area contributed by atoms with E-state index in [1.54, 1.807) is 19.1 Å². The molecule has 0 aliphatic rings. The Morgan fingerprint density at radius 3 is 2.68 bits per heavy atom. The van der Waals surface area contributed by atoms with Crippen molar-refractivity contribution in [3.63, 3.8) is 0 Å². The largest absolute Gasteiger partial charge is 0.462 e. The molecule has 0 heterocycles. The molecule has 0 aromatic heterocycles. The van der Waals surface area contributed by atoms with Gasteiger partial charge in [0.25, 0.3) is 0 Å². The number of carbonyl (C=O) groups is 1.